The molecule has 0 aromatic carbocycles. The van der Waals surface area contributed by atoms with Gasteiger partial charge in [0.2, 0.25) is 12.1 Å². The third-order valence-electron chi connectivity index (χ3n) is 6.56. The number of nitrogens with one attached hydrogen (secondary N) is 4. The summed E-state index contributed by atoms with van der Waals surface area (Å²) in [5.74, 6) is -2.09. The Morgan fingerprint density at radius 3 is 2.73 bits per heavy atom. The number of nitrogens with zero attached hydrogens (tertiary/aromatic N) is 1. The molecule has 1 saturated carbocycles. The van der Waals surface area contributed by atoms with Gasteiger partial charge < -0.3 is 50.5 Å². The highest BCUT2D eigenvalue weighted by atomic mass is 16.8. The number of hydrogen-bond donors (Lipinski definition) is 7. The van der Waals surface area contributed by atoms with E-state index >= 15 is 0 Å². The van der Waals surface area contributed by atoms with E-state index in [0.717, 1.165) is 5.69 Å². The van der Waals surface area contributed by atoms with Gasteiger partial charge in [-0.15, -0.1) is 0 Å². The lowest BCUT2D eigenvalue weighted by Crippen LogP contribution is -2.79. The number of aromatic nitrogens is 2. The number of fused-ring (bicyclic) bond motifs is 2. The number of aliphatic hydroxyl groups excluding tert-OH is 1. The van der Waals surface area contributed by atoms with Crippen LogP contribution >= 0.6 is 0 Å². The number of imidazole rings is 1. The van der Waals surface area contributed by atoms with Gasteiger partial charge in [0.05, 0.1) is 30.7 Å². The Morgan fingerprint density at radius 1 is 1.27 bits per heavy atom. The van der Waals surface area contributed by atoms with E-state index in [9.17, 15) is 15.3 Å². The topological polar surface area (TPSA) is 153 Å². The van der Waals surface area contributed by atoms with Crippen LogP contribution in [0.4, 0.5) is 0 Å². The lowest BCUT2D eigenvalue weighted by atomic mass is 9.79. The number of ether oxygens (including phenoxy) is 3. The molecule has 9 unspecified atom stereocenters. The molecular weight excluding hydrogens is 394 g/mol. The van der Waals surface area contributed by atoms with Crippen molar-refractivity contribution in [1.29, 1.82) is 0 Å². The van der Waals surface area contributed by atoms with Gasteiger partial charge >= 0.3 is 0 Å². The van der Waals surface area contributed by atoms with Crippen LogP contribution in [0.5, 0.6) is 0 Å². The minimum atomic E-state index is -2.09. The molecule has 3 aliphatic rings. The van der Waals surface area contributed by atoms with Crippen LogP contribution in [0.2, 0.25) is 0 Å². The van der Waals surface area contributed by atoms with Gasteiger partial charge in [-0.3, -0.25) is 0 Å². The van der Waals surface area contributed by atoms with Crippen molar-refractivity contribution < 1.29 is 29.5 Å². The minimum Gasteiger partial charge on any atom is -0.390 e. The van der Waals surface area contributed by atoms with Crippen molar-refractivity contribution in [3.63, 3.8) is 0 Å². The van der Waals surface area contributed by atoms with Crippen LogP contribution in [0.15, 0.2) is 12.5 Å². The monoisotopic (exact) mass is 427 g/mol. The summed E-state index contributed by atoms with van der Waals surface area (Å²) in [5.41, 5.74) is -0.810. The number of H-pyrrole nitrogens is 1. The molecule has 1 aliphatic carbocycles. The van der Waals surface area contributed by atoms with Crippen molar-refractivity contribution in [3.05, 3.63) is 18.2 Å². The average Bonchev–Trinajstić information content (AvgIpc) is 3.21. The SMILES string of the molecule is CNC1CC2OC3OC(C)CC(O)(CNCc4cnc[nH]4)C3(O)OC2C(NC)C1O. The Hall–Kier alpha value is -1.15. The van der Waals surface area contributed by atoms with Gasteiger partial charge in [0.1, 0.15) is 11.7 Å². The van der Waals surface area contributed by atoms with Gasteiger partial charge in [0, 0.05) is 37.4 Å². The predicted octanol–water partition coefficient (Wildman–Crippen LogP) is -2.22. The van der Waals surface area contributed by atoms with Gasteiger partial charge in [-0.1, -0.05) is 0 Å². The van der Waals surface area contributed by atoms with Gasteiger partial charge in [0.25, 0.3) is 0 Å². The summed E-state index contributed by atoms with van der Waals surface area (Å²) in [7, 11) is 3.50. The molecule has 0 spiro atoms. The van der Waals surface area contributed by atoms with Crippen molar-refractivity contribution >= 4 is 0 Å². The summed E-state index contributed by atoms with van der Waals surface area (Å²) in [4.78, 5) is 6.96. The van der Waals surface area contributed by atoms with Crippen LogP contribution in [-0.2, 0) is 20.8 Å². The fourth-order valence-electron chi connectivity index (χ4n) is 4.94. The Balaban J connectivity index is 1.55. The highest BCUT2D eigenvalue weighted by molar-refractivity contribution is 5.10. The molecule has 7 N–H and O–H groups in total. The fourth-order valence-corrected chi connectivity index (χ4v) is 4.94. The van der Waals surface area contributed by atoms with E-state index in [1.165, 1.54) is 0 Å². The first-order valence-electron chi connectivity index (χ1n) is 10.5. The Bertz CT molecular complexity index is 710. The summed E-state index contributed by atoms with van der Waals surface area (Å²) in [6, 6.07) is -0.692. The van der Waals surface area contributed by atoms with Crippen LogP contribution in [-0.4, -0.2) is 100 Å². The number of likely N-dealkylation sites (N-methyl/N-ethyl adjacent to an activating group) is 2. The molecule has 11 nitrogen and oxygen atoms in total. The second kappa shape index (κ2) is 8.41. The molecule has 11 heteroatoms. The zero-order valence-corrected chi connectivity index (χ0v) is 17.5. The molecule has 0 amide bonds. The van der Waals surface area contributed by atoms with Gasteiger partial charge in [0.15, 0.2) is 0 Å². The van der Waals surface area contributed by atoms with Crippen molar-refractivity contribution in [2.45, 2.75) is 80.5 Å². The Labute approximate surface area is 175 Å². The average molecular weight is 428 g/mol. The number of aliphatic hydroxyl groups is 3. The third-order valence-corrected chi connectivity index (χ3v) is 6.56. The van der Waals surface area contributed by atoms with E-state index in [1.54, 1.807) is 26.6 Å². The molecule has 3 fully saturated rings. The van der Waals surface area contributed by atoms with Gasteiger partial charge in [-0.2, -0.15) is 0 Å². The van der Waals surface area contributed by atoms with E-state index in [2.05, 4.69) is 25.9 Å². The molecular formula is C19H33N5O6. The fraction of sp³-hybridized carbons (Fsp3) is 0.842. The Kier molecular flexibility index (Phi) is 6.19. The van der Waals surface area contributed by atoms with E-state index in [4.69, 9.17) is 14.2 Å². The van der Waals surface area contributed by atoms with E-state index in [-0.39, 0.29) is 25.1 Å². The molecule has 4 rings (SSSR count). The second-order valence-electron chi connectivity index (χ2n) is 8.58. The summed E-state index contributed by atoms with van der Waals surface area (Å²) >= 11 is 0. The number of rotatable bonds is 6. The quantitative estimate of drug-likeness (QED) is 0.266. The summed E-state index contributed by atoms with van der Waals surface area (Å²) in [6.07, 6.45) is 0.590. The minimum absolute atomic E-state index is 0.0549. The molecule has 0 radical (unpaired) electrons. The van der Waals surface area contributed by atoms with E-state index < -0.39 is 42.0 Å². The Morgan fingerprint density at radius 2 is 2.07 bits per heavy atom. The second-order valence-corrected chi connectivity index (χ2v) is 8.58. The predicted molar refractivity (Wildman–Crippen MR) is 105 cm³/mol. The molecule has 1 aromatic heterocycles. The zero-order valence-electron chi connectivity index (χ0n) is 17.5. The van der Waals surface area contributed by atoms with Crippen molar-refractivity contribution in [2.24, 2.45) is 0 Å². The van der Waals surface area contributed by atoms with Crippen molar-refractivity contribution in [1.82, 2.24) is 25.9 Å². The number of aromatic amines is 1. The molecule has 3 heterocycles. The standard InChI is InChI=1S/C19H33N5O6/c1-10-5-18(26,8-22-6-11-7-23-9-24-11)19(27)17(28-10)29-13-4-12(20-2)15(25)14(21-3)16(13)30-19/h7,9-10,12-17,20-22,25-27H,4-6,8H2,1-3H3,(H,23,24). The summed E-state index contributed by atoms with van der Waals surface area (Å²) in [5, 5.41) is 43.1. The molecule has 0 bridgehead atoms. The molecule has 9 atom stereocenters. The largest absolute Gasteiger partial charge is 0.390 e. The van der Waals surface area contributed by atoms with E-state index in [0.29, 0.717) is 13.0 Å². The van der Waals surface area contributed by atoms with Crippen molar-refractivity contribution in [2.75, 3.05) is 20.6 Å². The van der Waals surface area contributed by atoms with Gasteiger partial charge in [-0.25, -0.2) is 4.98 Å². The van der Waals surface area contributed by atoms with Crippen molar-refractivity contribution in [3.8, 4) is 0 Å². The molecule has 170 valence electrons. The lowest BCUT2D eigenvalue weighted by molar-refractivity contribution is -0.477. The smallest absolute Gasteiger partial charge is 0.249 e. The molecule has 1 aromatic rings. The lowest BCUT2D eigenvalue weighted by Gasteiger charge is -2.59. The molecule has 30 heavy (non-hydrogen) atoms. The maximum absolute atomic E-state index is 11.5. The maximum atomic E-state index is 11.5. The maximum Gasteiger partial charge on any atom is 0.249 e. The highest BCUT2D eigenvalue weighted by Crippen LogP contribution is 2.46. The van der Waals surface area contributed by atoms with E-state index in [1.807, 2.05) is 6.92 Å². The normalized spacial score (nSPS) is 46.3. The van der Waals surface area contributed by atoms with Crippen LogP contribution in [0.25, 0.3) is 0 Å². The first-order chi connectivity index (χ1) is 14.3. The first-order valence-corrected chi connectivity index (χ1v) is 10.5. The van der Waals surface area contributed by atoms with Gasteiger partial charge in [-0.05, 0) is 27.4 Å². The first kappa shape index (κ1) is 22.1. The van der Waals surface area contributed by atoms with Crippen LogP contribution < -0.4 is 16.0 Å². The third kappa shape index (κ3) is 3.68. The zero-order chi connectivity index (χ0) is 21.5. The van der Waals surface area contributed by atoms with Crippen LogP contribution in [0, 0.1) is 0 Å². The summed E-state index contributed by atoms with van der Waals surface area (Å²) < 4.78 is 18.1. The highest BCUT2D eigenvalue weighted by Gasteiger charge is 2.67. The summed E-state index contributed by atoms with van der Waals surface area (Å²) in [6.45, 7) is 2.32. The number of hydrogen-bond acceptors (Lipinski definition) is 10. The van der Waals surface area contributed by atoms with Crippen LogP contribution in [0.1, 0.15) is 25.5 Å². The molecule has 2 saturated heterocycles. The molecule has 2 aliphatic heterocycles. The van der Waals surface area contributed by atoms with Crippen LogP contribution in [0.3, 0.4) is 0 Å².